The Balaban J connectivity index is 2.48. The lowest BCUT2D eigenvalue weighted by atomic mass is 10.1. The zero-order valence-electron chi connectivity index (χ0n) is 10.2. The Labute approximate surface area is 111 Å². The van der Waals surface area contributed by atoms with Gasteiger partial charge >= 0.3 is 6.18 Å². The lowest BCUT2D eigenvalue weighted by molar-refractivity contribution is -0.144. The van der Waals surface area contributed by atoms with Crippen molar-refractivity contribution in [1.29, 1.82) is 0 Å². The average molecular weight is 283 g/mol. The van der Waals surface area contributed by atoms with Crippen molar-refractivity contribution in [3.05, 3.63) is 36.0 Å². The topological polar surface area (TPSA) is 65.0 Å². The summed E-state index contributed by atoms with van der Waals surface area (Å²) in [6.07, 6.45) is -0.810. The first kappa shape index (κ1) is 13.9. The molecule has 0 N–H and O–H groups in total. The van der Waals surface area contributed by atoms with E-state index in [2.05, 4.69) is 15.0 Å². The number of halogens is 3. The van der Waals surface area contributed by atoms with Crippen molar-refractivity contribution < 1.29 is 22.7 Å². The van der Waals surface area contributed by atoms with E-state index in [1.54, 1.807) is 0 Å². The molecular weight excluding hydrogens is 275 g/mol. The van der Waals surface area contributed by atoms with Crippen LogP contribution in [0.25, 0.3) is 11.1 Å². The monoisotopic (exact) mass is 283 g/mol. The molecule has 0 bridgehead atoms. The molecule has 0 fully saturated rings. The average Bonchev–Trinajstić information content (AvgIpc) is 2.45. The maximum Gasteiger partial charge on any atom is 0.451 e. The van der Waals surface area contributed by atoms with Gasteiger partial charge in [0.25, 0.3) is 0 Å². The van der Waals surface area contributed by atoms with E-state index in [1.807, 2.05) is 0 Å². The molecule has 0 spiro atoms. The van der Waals surface area contributed by atoms with Crippen LogP contribution >= 0.6 is 0 Å². The summed E-state index contributed by atoms with van der Waals surface area (Å²) in [6.45, 7) is 0. The van der Waals surface area contributed by atoms with Gasteiger partial charge in [-0.1, -0.05) is 0 Å². The summed E-state index contributed by atoms with van der Waals surface area (Å²) >= 11 is 0. The van der Waals surface area contributed by atoms with Gasteiger partial charge in [-0.05, 0) is 0 Å². The number of rotatable bonds is 3. The number of aldehydes is 1. The molecule has 0 saturated heterocycles. The Bertz CT molecular complexity index is 627. The number of carbonyl (C=O) groups excluding carboxylic acids is 1. The normalized spacial score (nSPS) is 11.2. The van der Waals surface area contributed by atoms with Gasteiger partial charge < -0.3 is 4.74 Å². The van der Waals surface area contributed by atoms with Crippen LogP contribution in [0.2, 0.25) is 0 Å². The number of nitrogens with zero attached hydrogens (tertiary/aromatic N) is 3. The molecule has 2 heterocycles. The number of methoxy groups -OCH3 is 1. The van der Waals surface area contributed by atoms with Gasteiger partial charge in [0, 0.05) is 41.3 Å². The van der Waals surface area contributed by atoms with Gasteiger partial charge in [0.15, 0.2) is 6.29 Å². The van der Waals surface area contributed by atoms with E-state index in [4.69, 9.17) is 4.74 Å². The quantitative estimate of drug-likeness (QED) is 0.809. The Morgan fingerprint density at radius 1 is 1.15 bits per heavy atom. The highest BCUT2D eigenvalue weighted by Gasteiger charge is 2.34. The van der Waals surface area contributed by atoms with Crippen molar-refractivity contribution in [3.63, 3.8) is 0 Å². The second kappa shape index (κ2) is 5.24. The van der Waals surface area contributed by atoms with Crippen molar-refractivity contribution in [1.82, 2.24) is 15.0 Å². The standard InChI is InChI=1S/C12H8F3N3O2/c1-20-10-2-9(8(6-19)5-16-10)7-3-17-11(18-4-7)12(13,14)15/h2-6H,1H3. The first-order chi connectivity index (χ1) is 9.45. The van der Waals surface area contributed by atoms with E-state index in [0.717, 1.165) is 12.4 Å². The molecule has 0 amide bonds. The van der Waals surface area contributed by atoms with E-state index in [1.165, 1.54) is 19.4 Å². The van der Waals surface area contributed by atoms with Gasteiger partial charge in [0.2, 0.25) is 11.7 Å². The van der Waals surface area contributed by atoms with Crippen LogP contribution < -0.4 is 4.74 Å². The Morgan fingerprint density at radius 2 is 1.80 bits per heavy atom. The minimum Gasteiger partial charge on any atom is -0.481 e. The van der Waals surface area contributed by atoms with Gasteiger partial charge in [-0.3, -0.25) is 4.79 Å². The zero-order valence-corrected chi connectivity index (χ0v) is 10.2. The van der Waals surface area contributed by atoms with Gasteiger partial charge in [0.1, 0.15) is 0 Å². The van der Waals surface area contributed by atoms with E-state index < -0.39 is 12.0 Å². The third-order valence-electron chi connectivity index (χ3n) is 2.46. The molecule has 0 radical (unpaired) electrons. The summed E-state index contributed by atoms with van der Waals surface area (Å²) in [6, 6.07) is 1.43. The number of alkyl halides is 3. The van der Waals surface area contributed by atoms with Crippen LogP contribution in [0.4, 0.5) is 13.2 Å². The third-order valence-corrected chi connectivity index (χ3v) is 2.46. The molecule has 0 atom stereocenters. The summed E-state index contributed by atoms with van der Waals surface area (Å²) in [5, 5.41) is 0. The van der Waals surface area contributed by atoms with E-state index in [-0.39, 0.29) is 17.0 Å². The van der Waals surface area contributed by atoms with E-state index >= 15 is 0 Å². The summed E-state index contributed by atoms with van der Waals surface area (Å²) in [4.78, 5) is 21.2. The highest BCUT2D eigenvalue weighted by molar-refractivity contribution is 5.87. The number of hydrogen-bond donors (Lipinski definition) is 0. The second-order valence-corrected chi connectivity index (χ2v) is 3.72. The summed E-state index contributed by atoms with van der Waals surface area (Å²) in [5.74, 6) is -1.01. The molecule has 104 valence electrons. The molecule has 0 aromatic carbocycles. The fourth-order valence-corrected chi connectivity index (χ4v) is 1.52. The van der Waals surface area contributed by atoms with Crippen molar-refractivity contribution in [2.45, 2.75) is 6.18 Å². The first-order valence-electron chi connectivity index (χ1n) is 5.34. The summed E-state index contributed by atoms with van der Waals surface area (Å²) in [7, 11) is 1.38. The van der Waals surface area contributed by atoms with Gasteiger partial charge in [-0.15, -0.1) is 0 Å². The van der Waals surface area contributed by atoms with Crippen LogP contribution in [0.1, 0.15) is 16.2 Å². The van der Waals surface area contributed by atoms with Crippen LogP contribution in [0.15, 0.2) is 24.7 Å². The van der Waals surface area contributed by atoms with Gasteiger partial charge in [0.05, 0.1) is 7.11 Å². The summed E-state index contributed by atoms with van der Waals surface area (Å²) in [5.41, 5.74) is 0.815. The minimum atomic E-state index is -4.61. The molecule has 2 aromatic heterocycles. The maximum atomic E-state index is 12.4. The Hall–Kier alpha value is -2.51. The number of hydrogen-bond acceptors (Lipinski definition) is 5. The Kier molecular flexibility index (Phi) is 3.64. The fourth-order valence-electron chi connectivity index (χ4n) is 1.52. The van der Waals surface area contributed by atoms with Crippen molar-refractivity contribution in [2.75, 3.05) is 7.11 Å². The highest BCUT2D eigenvalue weighted by atomic mass is 19.4. The minimum absolute atomic E-state index is 0.203. The lowest BCUT2D eigenvalue weighted by Crippen LogP contribution is -2.10. The molecule has 5 nitrogen and oxygen atoms in total. The van der Waals surface area contributed by atoms with Crippen molar-refractivity contribution >= 4 is 6.29 Å². The third kappa shape index (κ3) is 2.73. The van der Waals surface area contributed by atoms with Crippen LogP contribution in [-0.2, 0) is 6.18 Å². The molecule has 20 heavy (non-hydrogen) atoms. The molecule has 0 aliphatic carbocycles. The smallest absolute Gasteiger partial charge is 0.451 e. The first-order valence-corrected chi connectivity index (χ1v) is 5.34. The number of ether oxygens (including phenoxy) is 1. The van der Waals surface area contributed by atoms with E-state index in [9.17, 15) is 18.0 Å². The van der Waals surface area contributed by atoms with Crippen molar-refractivity contribution in [2.24, 2.45) is 0 Å². The highest BCUT2D eigenvalue weighted by Crippen LogP contribution is 2.28. The number of aromatic nitrogens is 3. The SMILES string of the molecule is COc1cc(-c2cnc(C(F)(F)F)nc2)c(C=O)cn1. The van der Waals surface area contributed by atoms with Gasteiger partial charge in [-0.25, -0.2) is 15.0 Å². The Morgan fingerprint density at radius 3 is 2.30 bits per heavy atom. The van der Waals surface area contributed by atoms with Crippen LogP contribution in [0.3, 0.4) is 0 Å². The summed E-state index contributed by atoms with van der Waals surface area (Å²) < 4.78 is 42.0. The maximum absolute atomic E-state index is 12.4. The molecule has 2 rings (SSSR count). The van der Waals surface area contributed by atoms with Crippen LogP contribution in [0, 0.1) is 0 Å². The molecule has 2 aromatic rings. The lowest BCUT2D eigenvalue weighted by Gasteiger charge is -2.08. The number of pyridine rings is 1. The largest absolute Gasteiger partial charge is 0.481 e. The molecular formula is C12H8F3N3O2. The number of carbonyl (C=O) groups is 1. The van der Waals surface area contributed by atoms with Crippen LogP contribution in [-0.4, -0.2) is 28.3 Å². The molecule has 0 aliphatic rings. The van der Waals surface area contributed by atoms with Crippen LogP contribution in [0.5, 0.6) is 5.88 Å². The van der Waals surface area contributed by atoms with Gasteiger partial charge in [-0.2, -0.15) is 13.2 Å². The zero-order chi connectivity index (χ0) is 14.8. The molecule has 0 aliphatic heterocycles. The fraction of sp³-hybridized carbons (Fsp3) is 0.167. The predicted octanol–water partition coefficient (Wildman–Crippen LogP) is 2.38. The predicted molar refractivity (Wildman–Crippen MR) is 62.2 cm³/mol. The van der Waals surface area contributed by atoms with Crippen molar-refractivity contribution in [3.8, 4) is 17.0 Å². The van der Waals surface area contributed by atoms with E-state index in [0.29, 0.717) is 11.8 Å². The molecule has 0 unspecified atom stereocenters. The second-order valence-electron chi connectivity index (χ2n) is 3.72. The molecule has 0 saturated carbocycles. The molecule has 8 heteroatoms.